The lowest BCUT2D eigenvalue weighted by Crippen LogP contribution is -2.57. The average molecular weight is 145 g/mol. The van der Waals surface area contributed by atoms with Crippen molar-refractivity contribution in [3.05, 3.63) is 0 Å². The number of ether oxygens (including phenoxy) is 2. The molecule has 0 saturated heterocycles. The van der Waals surface area contributed by atoms with Crippen molar-refractivity contribution in [2.45, 2.75) is 31.6 Å². The summed E-state index contributed by atoms with van der Waals surface area (Å²) in [6.45, 7) is 2.73. The van der Waals surface area contributed by atoms with Gasteiger partial charge in [0, 0.05) is 19.8 Å². The largest absolute Gasteiger partial charge is 0.377 e. The van der Waals surface area contributed by atoms with Crippen LogP contribution in [0.5, 0.6) is 0 Å². The quantitative estimate of drug-likeness (QED) is 0.614. The lowest BCUT2D eigenvalue weighted by molar-refractivity contribution is -0.122. The summed E-state index contributed by atoms with van der Waals surface area (Å²) in [6, 6.07) is 0.182. The topological polar surface area (TPSA) is 44.5 Å². The van der Waals surface area contributed by atoms with Gasteiger partial charge >= 0.3 is 0 Å². The van der Waals surface area contributed by atoms with Gasteiger partial charge in [-0.15, -0.1) is 0 Å². The van der Waals surface area contributed by atoms with Crippen molar-refractivity contribution >= 4 is 0 Å². The third-order valence-corrected chi connectivity index (χ3v) is 1.95. The molecule has 1 rings (SSSR count). The number of rotatable bonds is 3. The lowest BCUT2D eigenvalue weighted by Gasteiger charge is -2.40. The first-order chi connectivity index (χ1) is 4.79. The minimum atomic E-state index is 0.125. The van der Waals surface area contributed by atoms with Gasteiger partial charge in [0.1, 0.15) is 0 Å². The minimum Gasteiger partial charge on any atom is -0.377 e. The molecule has 0 aromatic carbocycles. The van der Waals surface area contributed by atoms with Crippen LogP contribution in [0, 0.1) is 0 Å². The first-order valence-corrected chi connectivity index (χ1v) is 3.69. The van der Waals surface area contributed by atoms with E-state index in [2.05, 4.69) is 0 Å². The summed E-state index contributed by atoms with van der Waals surface area (Å²) in [5.74, 6) is 0. The third kappa shape index (κ3) is 1.31. The van der Waals surface area contributed by atoms with Gasteiger partial charge in [-0.25, -0.2) is 0 Å². The lowest BCUT2D eigenvalue weighted by atomic mass is 9.86. The maximum Gasteiger partial charge on any atom is 0.0984 e. The normalized spacial score (nSPS) is 39.3. The number of hydrogen-bond acceptors (Lipinski definition) is 3. The molecule has 1 aliphatic rings. The summed E-state index contributed by atoms with van der Waals surface area (Å²) in [5, 5.41) is 0. The maximum absolute atomic E-state index is 5.65. The molecule has 0 unspecified atom stereocenters. The molecule has 3 nitrogen and oxygen atoms in total. The van der Waals surface area contributed by atoms with Crippen molar-refractivity contribution in [1.29, 1.82) is 0 Å². The first-order valence-electron chi connectivity index (χ1n) is 3.69. The zero-order chi connectivity index (χ0) is 7.56. The summed E-state index contributed by atoms with van der Waals surface area (Å²) in [6.07, 6.45) is 1.30. The summed E-state index contributed by atoms with van der Waals surface area (Å²) in [7, 11) is 1.68. The van der Waals surface area contributed by atoms with Gasteiger partial charge in [-0.05, 0) is 13.3 Å². The van der Waals surface area contributed by atoms with Gasteiger partial charge in [-0.2, -0.15) is 0 Å². The Morgan fingerprint density at radius 3 is 2.70 bits per heavy atom. The van der Waals surface area contributed by atoms with Gasteiger partial charge in [0.2, 0.25) is 0 Å². The van der Waals surface area contributed by atoms with E-state index in [-0.39, 0.29) is 18.2 Å². The molecule has 0 aliphatic heterocycles. The molecule has 3 heteroatoms. The fraction of sp³-hybridized carbons (Fsp3) is 1.00. The van der Waals surface area contributed by atoms with Gasteiger partial charge in [-0.1, -0.05) is 0 Å². The molecule has 0 bridgehead atoms. The van der Waals surface area contributed by atoms with Crippen molar-refractivity contribution in [3.63, 3.8) is 0 Å². The monoisotopic (exact) mass is 145 g/mol. The van der Waals surface area contributed by atoms with Crippen molar-refractivity contribution in [1.82, 2.24) is 0 Å². The summed E-state index contributed by atoms with van der Waals surface area (Å²) >= 11 is 0. The molecule has 0 aromatic rings. The van der Waals surface area contributed by atoms with Crippen molar-refractivity contribution in [2.75, 3.05) is 13.7 Å². The molecule has 2 N–H and O–H groups in total. The van der Waals surface area contributed by atoms with Gasteiger partial charge in [0.25, 0.3) is 0 Å². The molecule has 10 heavy (non-hydrogen) atoms. The Kier molecular flexibility index (Phi) is 2.65. The first kappa shape index (κ1) is 7.98. The molecular formula is C7H15NO2. The van der Waals surface area contributed by atoms with Crippen LogP contribution in [0.4, 0.5) is 0 Å². The molecule has 60 valence electrons. The van der Waals surface area contributed by atoms with E-state index < -0.39 is 0 Å². The standard InChI is InChI=1S/C7H15NO2/c1-3-10-6-4-5(8)7(6)9-2/h5-7H,3-4,8H2,1-2H3/t5-,6+,7-/m0/s1. The molecule has 1 aliphatic carbocycles. The van der Waals surface area contributed by atoms with Crippen LogP contribution in [0.1, 0.15) is 13.3 Å². The van der Waals surface area contributed by atoms with E-state index in [1.54, 1.807) is 7.11 Å². The summed E-state index contributed by atoms with van der Waals surface area (Å²) < 4.78 is 10.5. The molecular weight excluding hydrogens is 130 g/mol. The Hall–Kier alpha value is -0.120. The maximum atomic E-state index is 5.65. The van der Waals surface area contributed by atoms with Crippen LogP contribution < -0.4 is 5.73 Å². The van der Waals surface area contributed by atoms with Crippen LogP contribution in [-0.4, -0.2) is 32.0 Å². The zero-order valence-electron chi connectivity index (χ0n) is 6.54. The summed E-state index contributed by atoms with van der Waals surface area (Å²) in [4.78, 5) is 0. The Morgan fingerprint density at radius 2 is 2.30 bits per heavy atom. The highest BCUT2D eigenvalue weighted by Crippen LogP contribution is 2.24. The molecule has 1 fully saturated rings. The van der Waals surface area contributed by atoms with Crippen molar-refractivity contribution in [3.8, 4) is 0 Å². The Morgan fingerprint density at radius 1 is 1.60 bits per heavy atom. The van der Waals surface area contributed by atoms with Crippen LogP contribution in [0.3, 0.4) is 0 Å². The highest BCUT2D eigenvalue weighted by Gasteiger charge is 2.39. The fourth-order valence-electron chi connectivity index (χ4n) is 1.32. The van der Waals surface area contributed by atoms with E-state index in [0.29, 0.717) is 0 Å². The second kappa shape index (κ2) is 3.32. The number of hydrogen-bond donors (Lipinski definition) is 1. The highest BCUT2D eigenvalue weighted by atomic mass is 16.5. The Bertz CT molecular complexity index is 106. The van der Waals surface area contributed by atoms with E-state index in [1.807, 2.05) is 6.92 Å². The van der Waals surface area contributed by atoms with E-state index in [9.17, 15) is 0 Å². The van der Waals surface area contributed by atoms with E-state index in [0.717, 1.165) is 13.0 Å². The number of nitrogens with two attached hydrogens (primary N) is 1. The van der Waals surface area contributed by atoms with E-state index >= 15 is 0 Å². The van der Waals surface area contributed by atoms with Gasteiger partial charge in [-0.3, -0.25) is 0 Å². The van der Waals surface area contributed by atoms with Crippen LogP contribution in [0.15, 0.2) is 0 Å². The molecule has 0 amide bonds. The Labute approximate surface area is 61.5 Å². The summed E-state index contributed by atoms with van der Waals surface area (Å²) in [5.41, 5.74) is 5.65. The van der Waals surface area contributed by atoms with E-state index in [1.165, 1.54) is 0 Å². The Balaban J connectivity index is 2.23. The van der Waals surface area contributed by atoms with Crippen LogP contribution in [0.25, 0.3) is 0 Å². The molecule has 1 saturated carbocycles. The molecule has 0 heterocycles. The van der Waals surface area contributed by atoms with Crippen LogP contribution in [-0.2, 0) is 9.47 Å². The second-order valence-corrected chi connectivity index (χ2v) is 2.59. The van der Waals surface area contributed by atoms with Crippen LogP contribution >= 0.6 is 0 Å². The average Bonchev–Trinajstić information content (AvgIpc) is 1.88. The predicted octanol–water partition coefficient (Wildman–Crippen LogP) is 0.138. The van der Waals surface area contributed by atoms with Gasteiger partial charge in [0.15, 0.2) is 0 Å². The van der Waals surface area contributed by atoms with Gasteiger partial charge < -0.3 is 15.2 Å². The second-order valence-electron chi connectivity index (χ2n) is 2.59. The number of methoxy groups -OCH3 is 1. The fourth-order valence-corrected chi connectivity index (χ4v) is 1.32. The van der Waals surface area contributed by atoms with E-state index in [4.69, 9.17) is 15.2 Å². The zero-order valence-corrected chi connectivity index (χ0v) is 6.54. The third-order valence-electron chi connectivity index (χ3n) is 1.95. The minimum absolute atomic E-state index is 0.125. The van der Waals surface area contributed by atoms with Crippen molar-refractivity contribution < 1.29 is 9.47 Å². The molecule has 3 atom stereocenters. The molecule has 0 aromatic heterocycles. The van der Waals surface area contributed by atoms with Crippen molar-refractivity contribution in [2.24, 2.45) is 5.73 Å². The smallest absolute Gasteiger partial charge is 0.0984 e. The predicted molar refractivity (Wildman–Crippen MR) is 38.8 cm³/mol. The highest BCUT2D eigenvalue weighted by molar-refractivity contribution is 4.94. The van der Waals surface area contributed by atoms with Gasteiger partial charge in [0.05, 0.1) is 12.2 Å². The van der Waals surface area contributed by atoms with Crippen LogP contribution in [0.2, 0.25) is 0 Å². The molecule has 0 radical (unpaired) electrons. The molecule has 0 spiro atoms. The SMILES string of the molecule is CCO[C@@H]1C[C@H](N)[C@@H]1OC.